The highest BCUT2D eigenvalue weighted by atomic mass is 32.2. The topological polar surface area (TPSA) is 145 Å². The Labute approximate surface area is 226 Å². The summed E-state index contributed by atoms with van der Waals surface area (Å²) >= 11 is 0. The van der Waals surface area contributed by atoms with E-state index in [0.717, 1.165) is 17.5 Å². The summed E-state index contributed by atoms with van der Waals surface area (Å²) in [5.74, 6) is -2.40. The van der Waals surface area contributed by atoms with Gasteiger partial charge in [0, 0.05) is 12.5 Å². The van der Waals surface area contributed by atoms with Gasteiger partial charge in [-0.2, -0.15) is 8.42 Å². The summed E-state index contributed by atoms with van der Waals surface area (Å²) in [5.41, 5.74) is 8.59. The van der Waals surface area contributed by atoms with Crippen LogP contribution in [0.1, 0.15) is 52.2 Å². The fourth-order valence-electron chi connectivity index (χ4n) is 3.76. The van der Waals surface area contributed by atoms with Crippen molar-refractivity contribution < 1.29 is 27.8 Å². The third-order valence-corrected chi connectivity index (χ3v) is 6.87. The molecule has 5 N–H and O–H groups in total. The van der Waals surface area contributed by atoms with E-state index in [9.17, 15) is 23.2 Å². The van der Waals surface area contributed by atoms with Gasteiger partial charge in [0.25, 0.3) is 16.0 Å². The SMILES string of the molecule is CCC=CC([C@H](C(=O)NO)C(=O)NNCC(C)C)C(C)(C)c1ccccc1.Cc1ccc(S(=O)(=O)O)cc1. The molecule has 210 valence electrons. The monoisotopic (exact) mass is 547 g/mol. The molecule has 2 aromatic carbocycles. The Bertz CT molecular complexity index is 1150. The van der Waals surface area contributed by atoms with Crippen LogP contribution in [-0.4, -0.2) is 36.5 Å². The molecule has 0 aliphatic carbocycles. The van der Waals surface area contributed by atoms with Crippen molar-refractivity contribution >= 4 is 21.9 Å². The molecule has 0 aromatic heterocycles. The summed E-state index contributed by atoms with van der Waals surface area (Å²) in [6.07, 6.45) is 4.62. The lowest BCUT2D eigenvalue weighted by atomic mass is 9.67. The number of hydrogen-bond acceptors (Lipinski definition) is 6. The first-order chi connectivity index (χ1) is 17.7. The van der Waals surface area contributed by atoms with Gasteiger partial charge in [0.05, 0.1) is 4.90 Å². The third kappa shape index (κ3) is 10.4. The molecule has 9 nitrogen and oxygen atoms in total. The van der Waals surface area contributed by atoms with Crippen molar-refractivity contribution in [2.75, 3.05) is 6.54 Å². The minimum atomic E-state index is -4.02. The molecule has 0 aliphatic rings. The third-order valence-electron chi connectivity index (χ3n) is 6.01. The van der Waals surface area contributed by atoms with Crippen molar-refractivity contribution in [3.63, 3.8) is 0 Å². The molecule has 10 heteroatoms. The first kappa shape index (κ1) is 33.0. The van der Waals surface area contributed by atoms with Crippen LogP contribution in [0.5, 0.6) is 0 Å². The van der Waals surface area contributed by atoms with E-state index in [1.807, 2.05) is 84.0 Å². The van der Waals surface area contributed by atoms with Gasteiger partial charge < -0.3 is 0 Å². The van der Waals surface area contributed by atoms with Gasteiger partial charge in [-0.3, -0.25) is 24.8 Å². The normalized spacial score (nSPS) is 13.4. The van der Waals surface area contributed by atoms with Crippen LogP contribution >= 0.6 is 0 Å². The van der Waals surface area contributed by atoms with Gasteiger partial charge in [0.2, 0.25) is 5.91 Å². The van der Waals surface area contributed by atoms with E-state index in [1.54, 1.807) is 17.6 Å². The number of rotatable bonds is 11. The number of hydrazine groups is 1. The average Bonchev–Trinajstić information content (AvgIpc) is 2.86. The van der Waals surface area contributed by atoms with Crippen molar-refractivity contribution in [1.82, 2.24) is 16.3 Å². The van der Waals surface area contributed by atoms with Crippen LogP contribution in [0.25, 0.3) is 0 Å². The van der Waals surface area contributed by atoms with Crippen molar-refractivity contribution in [3.05, 3.63) is 77.9 Å². The van der Waals surface area contributed by atoms with Crippen LogP contribution in [0.15, 0.2) is 71.6 Å². The molecule has 0 heterocycles. The predicted octanol–water partition coefficient (Wildman–Crippen LogP) is 4.19. The molecule has 0 spiro atoms. The summed E-state index contributed by atoms with van der Waals surface area (Å²) in [6.45, 7) is 12.4. The van der Waals surface area contributed by atoms with Crippen molar-refractivity contribution in [2.24, 2.45) is 17.8 Å². The second kappa shape index (κ2) is 15.4. The Hall–Kier alpha value is -3.05. The molecule has 2 atom stereocenters. The van der Waals surface area contributed by atoms with E-state index >= 15 is 0 Å². The zero-order chi connectivity index (χ0) is 28.9. The molecule has 0 aliphatic heterocycles. The molecule has 0 fully saturated rings. The Morgan fingerprint density at radius 1 is 1.00 bits per heavy atom. The van der Waals surface area contributed by atoms with Gasteiger partial charge >= 0.3 is 0 Å². The predicted molar refractivity (Wildman–Crippen MR) is 148 cm³/mol. The molecule has 0 radical (unpaired) electrons. The molecule has 0 bridgehead atoms. The molecule has 2 aromatic rings. The van der Waals surface area contributed by atoms with Crippen LogP contribution in [0.3, 0.4) is 0 Å². The highest BCUT2D eigenvalue weighted by molar-refractivity contribution is 7.85. The highest BCUT2D eigenvalue weighted by Crippen LogP contribution is 2.38. The molecule has 2 rings (SSSR count). The second-order valence-electron chi connectivity index (χ2n) is 9.96. The van der Waals surface area contributed by atoms with E-state index in [2.05, 4.69) is 10.9 Å². The number of nitrogens with one attached hydrogen (secondary N) is 3. The van der Waals surface area contributed by atoms with Gasteiger partial charge in [-0.05, 0) is 42.4 Å². The molecule has 0 saturated heterocycles. The van der Waals surface area contributed by atoms with Crippen LogP contribution in [0.4, 0.5) is 0 Å². The Morgan fingerprint density at radius 2 is 1.58 bits per heavy atom. The second-order valence-corrected chi connectivity index (χ2v) is 11.4. The number of benzene rings is 2. The largest absolute Gasteiger partial charge is 0.294 e. The van der Waals surface area contributed by atoms with Crippen molar-refractivity contribution in [1.29, 1.82) is 0 Å². The highest BCUT2D eigenvalue weighted by Gasteiger charge is 2.42. The lowest BCUT2D eigenvalue weighted by Gasteiger charge is -2.37. The number of aryl methyl sites for hydroxylation is 1. The van der Waals surface area contributed by atoms with E-state index < -0.39 is 39.2 Å². The van der Waals surface area contributed by atoms with Crippen LogP contribution < -0.4 is 16.3 Å². The molecule has 38 heavy (non-hydrogen) atoms. The van der Waals surface area contributed by atoms with Crippen molar-refractivity contribution in [3.8, 4) is 0 Å². The zero-order valence-corrected chi connectivity index (χ0v) is 23.7. The van der Waals surface area contributed by atoms with Gasteiger partial charge in [0.1, 0.15) is 5.92 Å². The van der Waals surface area contributed by atoms with Gasteiger partial charge in [0.15, 0.2) is 0 Å². The molecule has 2 amide bonds. The van der Waals surface area contributed by atoms with Gasteiger partial charge in [-0.15, -0.1) is 0 Å². The maximum atomic E-state index is 12.8. The number of allylic oxidation sites excluding steroid dienone is 2. The summed E-state index contributed by atoms with van der Waals surface area (Å²) < 4.78 is 29.6. The smallest absolute Gasteiger partial charge is 0.291 e. The summed E-state index contributed by atoms with van der Waals surface area (Å²) in [4.78, 5) is 25.2. The minimum absolute atomic E-state index is 0.0666. The maximum absolute atomic E-state index is 12.8. The molecule has 0 saturated carbocycles. The van der Waals surface area contributed by atoms with Crippen LogP contribution in [-0.2, 0) is 25.1 Å². The number of hydroxylamine groups is 1. The van der Waals surface area contributed by atoms with Crippen molar-refractivity contribution in [2.45, 2.75) is 58.3 Å². The number of carbonyl (C=O) groups excluding carboxylic acids is 2. The Morgan fingerprint density at radius 3 is 2.05 bits per heavy atom. The number of hydrogen-bond donors (Lipinski definition) is 5. The summed E-state index contributed by atoms with van der Waals surface area (Å²) in [5, 5.41) is 9.25. The maximum Gasteiger partial charge on any atom is 0.294 e. The Balaban J connectivity index is 0.000000544. The first-order valence-corrected chi connectivity index (χ1v) is 13.9. The lowest BCUT2D eigenvalue weighted by Crippen LogP contribution is -2.52. The first-order valence-electron chi connectivity index (χ1n) is 12.5. The summed E-state index contributed by atoms with van der Waals surface area (Å²) in [7, 11) is -4.02. The van der Waals surface area contributed by atoms with Crippen LogP contribution in [0.2, 0.25) is 0 Å². The fourth-order valence-corrected chi connectivity index (χ4v) is 4.24. The number of carbonyl (C=O) groups is 2. The van der Waals surface area contributed by atoms with E-state index in [1.165, 1.54) is 12.1 Å². The van der Waals surface area contributed by atoms with E-state index in [0.29, 0.717) is 12.5 Å². The summed E-state index contributed by atoms with van der Waals surface area (Å²) in [6, 6.07) is 15.7. The quantitative estimate of drug-likeness (QED) is 0.0933. The molecular weight excluding hydrogens is 506 g/mol. The van der Waals surface area contributed by atoms with Gasteiger partial charge in [-0.1, -0.05) is 94.8 Å². The fraction of sp³-hybridized carbons (Fsp3) is 0.429. The molecule has 1 unspecified atom stereocenters. The average molecular weight is 548 g/mol. The van der Waals surface area contributed by atoms with Crippen LogP contribution in [0, 0.1) is 24.7 Å². The zero-order valence-electron chi connectivity index (χ0n) is 22.9. The molecular formula is C28H41N3O6S. The lowest BCUT2D eigenvalue weighted by molar-refractivity contribution is -0.143. The van der Waals surface area contributed by atoms with E-state index in [-0.39, 0.29) is 4.90 Å². The minimum Gasteiger partial charge on any atom is -0.291 e. The standard InChI is InChI=1S/C21H33N3O3.C7H8O3S/c1-6-7-13-17(21(4,5)16-11-9-8-10-12-16)18(20(26)24-27)19(25)23-22-14-15(2)3;1-6-2-4-7(5-3-6)11(8,9)10/h7-13,15,17-18,22,27H,6,14H2,1-5H3,(H,23,25)(H,24,26);2-5H,1H3,(H,8,9,10)/t17?,18-;/m0./s1. The number of amides is 2. The Kier molecular flexibility index (Phi) is 13.4. The van der Waals surface area contributed by atoms with Gasteiger partial charge in [-0.25, -0.2) is 10.9 Å². The van der Waals surface area contributed by atoms with E-state index in [4.69, 9.17) is 4.55 Å².